The highest BCUT2D eigenvalue weighted by Crippen LogP contribution is 2.20. The fraction of sp³-hybridized carbons (Fsp3) is 0.0526. The van der Waals surface area contributed by atoms with Crippen molar-refractivity contribution >= 4 is 16.9 Å². The normalized spacial score (nSPS) is 9.96. The minimum absolute atomic E-state index is 0.146. The maximum Gasteiger partial charge on any atom is 0.337 e. The lowest BCUT2D eigenvalue weighted by Gasteiger charge is -2.03. The summed E-state index contributed by atoms with van der Waals surface area (Å²) in [5.41, 5.74) is 1.97. The van der Waals surface area contributed by atoms with Crippen molar-refractivity contribution in [2.45, 2.75) is 0 Å². The summed E-state index contributed by atoms with van der Waals surface area (Å²) in [4.78, 5) is 15.6. The van der Waals surface area contributed by atoms with Crippen molar-refractivity contribution in [2.24, 2.45) is 0 Å². The smallest absolute Gasteiger partial charge is 0.337 e. The molecule has 0 aliphatic heterocycles. The van der Waals surface area contributed by atoms with E-state index in [1.165, 1.54) is 0 Å². The van der Waals surface area contributed by atoms with E-state index >= 15 is 0 Å². The molecule has 0 unspecified atom stereocenters. The van der Waals surface area contributed by atoms with E-state index < -0.39 is 5.97 Å². The summed E-state index contributed by atoms with van der Waals surface area (Å²) in [6.45, 7) is 0. The average molecular weight is 303 g/mol. The van der Waals surface area contributed by atoms with Crippen LogP contribution < -0.4 is 4.74 Å². The van der Waals surface area contributed by atoms with Crippen LogP contribution in [-0.2, 0) is 0 Å². The fourth-order valence-electron chi connectivity index (χ4n) is 2.31. The van der Waals surface area contributed by atoms with Gasteiger partial charge in [-0.1, -0.05) is 30.0 Å². The molecule has 1 aromatic heterocycles. The first kappa shape index (κ1) is 14.6. The molecule has 3 aromatic rings. The largest absolute Gasteiger partial charge is 0.495 e. The van der Waals surface area contributed by atoms with Crippen LogP contribution in [0.5, 0.6) is 5.75 Å². The number of rotatable bonds is 2. The van der Waals surface area contributed by atoms with Crippen molar-refractivity contribution in [2.75, 3.05) is 7.11 Å². The Labute approximate surface area is 133 Å². The molecular formula is C19H13NO3. The first-order chi connectivity index (χ1) is 11.2. The minimum Gasteiger partial charge on any atom is -0.495 e. The van der Waals surface area contributed by atoms with Gasteiger partial charge in [0.2, 0.25) is 0 Å². The van der Waals surface area contributed by atoms with E-state index in [1.54, 1.807) is 25.4 Å². The summed E-state index contributed by atoms with van der Waals surface area (Å²) < 4.78 is 5.26. The maximum atomic E-state index is 11.4. The van der Waals surface area contributed by atoms with Crippen LogP contribution in [0.4, 0.5) is 0 Å². The third-order valence-electron chi connectivity index (χ3n) is 3.38. The van der Waals surface area contributed by atoms with Gasteiger partial charge >= 0.3 is 5.97 Å². The number of hydrogen-bond acceptors (Lipinski definition) is 3. The SMILES string of the molecule is COc1ccccc1C#Cc1cc(C(=O)O)c2ncccc2c1. The van der Waals surface area contributed by atoms with Gasteiger partial charge in [-0.05, 0) is 30.3 Å². The third-order valence-corrected chi connectivity index (χ3v) is 3.38. The number of pyridine rings is 1. The lowest BCUT2D eigenvalue weighted by molar-refractivity contribution is 0.0699. The van der Waals surface area contributed by atoms with Gasteiger partial charge in [0, 0.05) is 17.1 Å². The van der Waals surface area contributed by atoms with E-state index in [4.69, 9.17) is 4.74 Å². The van der Waals surface area contributed by atoms with Gasteiger partial charge in [0.1, 0.15) is 5.75 Å². The number of fused-ring (bicyclic) bond motifs is 1. The molecule has 23 heavy (non-hydrogen) atoms. The lowest BCUT2D eigenvalue weighted by atomic mass is 10.0. The van der Waals surface area contributed by atoms with Crippen LogP contribution in [0.3, 0.4) is 0 Å². The summed E-state index contributed by atoms with van der Waals surface area (Å²) in [7, 11) is 1.59. The molecule has 0 radical (unpaired) electrons. The van der Waals surface area contributed by atoms with Crippen molar-refractivity contribution in [3.63, 3.8) is 0 Å². The Bertz CT molecular complexity index is 951. The number of nitrogens with zero attached hydrogens (tertiary/aromatic N) is 1. The highest BCUT2D eigenvalue weighted by molar-refractivity contribution is 6.02. The van der Waals surface area contributed by atoms with E-state index in [0.717, 1.165) is 10.9 Å². The molecule has 0 aliphatic rings. The number of carboxylic acid groups (broad SMARTS) is 1. The Morgan fingerprint density at radius 2 is 1.96 bits per heavy atom. The van der Waals surface area contributed by atoms with Gasteiger partial charge in [0.05, 0.1) is 23.8 Å². The molecule has 1 N–H and O–H groups in total. The first-order valence-corrected chi connectivity index (χ1v) is 6.96. The highest BCUT2D eigenvalue weighted by Gasteiger charge is 2.10. The number of aromatic carboxylic acids is 1. The predicted molar refractivity (Wildman–Crippen MR) is 87.7 cm³/mol. The Hall–Kier alpha value is -3.32. The fourth-order valence-corrected chi connectivity index (χ4v) is 2.31. The van der Waals surface area contributed by atoms with E-state index in [1.807, 2.05) is 36.4 Å². The minimum atomic E-state index is -1.02. The summed E-state index contributed by atoms with van der Waals surface area (Å²) in [6, 6.07) is 14.4. The summed E-state index contributed by atoms with van der Waals surface area (Å²) >= 11 is 0. The molecule has 0 amide bonds. The van der Waals surface area contributed by atoms with E-state index in [-0.39, 0.29) is 5.56 Å². The van der Waals surface area contributed by atoms with Crippen LogP contribution in [-0.4, -0.2) is 23.2 Å². The molecule has 112 valence electrons. The van der Waals surface area contributed by atoms with E-state index in [2.05, 4.69) is 16.8 Å². The molecule has 4 heteroatoms. The van der Waals surface area contributed by atoms with Gasteiger partial charge in [-0.15, -0.1) is 0 Å². The lowest BCUT2D eigenvalue weighted by Crippen LogP contribution is -1.99. The molecule has 3 rings (SSSR count). The molecule has 0 bridgehead atoms. The van der Waals surface area contributed by atoms with Crippen molar-refractivity contribution in [3.8, 4) is 17.6 Å². The topological polar surface area (TPSA) is 59.4 Å². The van der Waals surface area contributed by atoms with Gasteiger partial charge in [-0.3, -0.25) is 4.98 Å². The Morgan fingerprint density at radius 3 is 2.74 bits per heavy atom. The number of methoxy groups -OCH3 is 1. The van der Waals surface area contributed by atoms with Gasteiger partial charge in [-0.2, -0.15) is 0 Å². The second-order valence-corrected chi connectivity index (χ2v) is 4.85. The standard InChI is InChI=1S/C19H13NO3/c1-23-17-7-3-2-5-14(17)9-8-13-11-15-6-4-10-20-18(15)16(12-13)19(21)22/h2-7,10-12H,1H3,(H,21,22). The van der Waals surface area contributed by atoms with Crippen LogP contribution in [0.2, 0.25) is 0 Å². The quantitative estimate of drug-likeness (QED) is 0.738. The Morgan fingerprint density at radius 1 is 1.13 bits per heavy atom. The average Bonchev–Trinajstić information content (AvgIpc) is 2.59. The third kappa shape index (κ3) is 2.99. The zero-order valence-corrected chi connectivity index (χ0v) is 12.4. The molecule has 0 aliphatic carbocycles. The molecule has 0 spiro atoms. The number of ether oxygens (including phenoxy) is 1. The van der Waals surface area contributed by atoms with Gasteiger partial charge in [0.15, 0.2) is 0 Å². The summed E-state index contributed by atoms with van der Waals surface area (Å²) in [5, 5.41) is 10.1. The van der Waals surface area contributed by atoms with Crippen LogP contribution >= 0.6 is 0 Å². The molecule has 0 fully saturated rings. The molecular weight excluding hydrogens is 290 g/mol. The number of hydrogen-bond donors (Lipinski definition) is 1. The van der Waals surface area contributed by atoms with Crippen LogP contribution in [0.1, 0.15) is 21.5 Å². The van der Waals surface area contributed by atoms with Crippen LogP contribution in [0, 0.1) is 11.8 Å². The zero-order chi connectivity index (χ0) is 16.2. The van der Waals surface area contributed by atoms with Crippen molar-refractivity contribution in [1.82, 2.24) is 4.98 Å². The predicted octanol–water partition coefficient (Wildman–Crippen LogP) is 3.34. The Balaban J connectivity index is 2.12. The number of benzene rings is 2. The Kier molecular flexibility index (Phi) is 3.94. The van der Waals surface area contributed by atoms with Crippen molar-refractivity contribution in [1.29, 1.82) is 0 Å². The number of aromatic nitrogens is 1. The van der Waals surface area contributed by atoms with Crippen molar-refractivity contribution in [3.05, 3.63) is 71.4 Å². The molecule has 0 saturated heterocycles. The van der Waals surface area contributed by atoms with Crippen LogP contribution in [0.15, 0.2) is 54.7 Å². The van der Waals surface area contributed by atoms with E-state index in [9.17, 15) is 9.90 Å². The second kappa shape index (κ2) is 6.20. The monoisotopic (exact) mass is 303 g/mol. The van der Waals surface area contributed by atoms with Gasteiger partial charge in [0.25, 0.3) is 0 Å². The van der Waals surface area contributed by atoms with Crippen molar-refractivity contribution < 1.29 is 14.6 Å². The van der Waals surface area contributed by atoms with Gasteiger partial charge < -0.3 is 9.84 Å². The molecule has 1 heterocycles. The highest BCUT2D eigenvalue weighted by atomic mass is 16.5. The molecule has 4 nitrogen and oxygen atoms in total. The van der Waals surface area contributed by atoms with Gasteiger partial charge in [-0.25, -0.2) is 4.79 Å². The molecule has 0 atom stereocenters. The zero-order valence-electron chi connectivity index (χ0n) is 12.4. The molecule has 0 saturated carbocycles. The molecule has 2 aromatic carbocycles. The summed E-state index contributed by atoms with van der Waals surface area (Å²) in [5.74, 6) is 5.69. The summed E-state index contributed by atoms with van der Waals surface area (Å²) in [6.07, 6.45) is 1.58. The number of para-hydroxylation sites is 1. The number of carboxylic acids is 1. The van der Waals surface area contributed by atoms with Crippen LogP contribution in [0.25, 0.3) is 10.9 Å². The van der Waals surface area contributed by atoms with E-state index in [0.29, 0.717) is 16.8 Å². The second-order valence-electron chi connectivity index (χ2n) is 4.85. The number of carbonyl (C=O) groups is 1. The maximum absolute atomic E-state index is 11.4. The first-order valence-electron chi connectivity index (χ1n) is 6.96.